The fourth-order valence-corrected chi connectivity index (χ4v) is 6.11. The predicted molar refractivity (Wildman–Crippen MR) is 143 cm³/mol. The van der Waals surface area contributed by atoms with Crippen molar-refractivity contribution in [2.24, 2.45) is 5.92 Å². The van der Waals surface area contributed by atoms with Crippen molar-refractivity contribution in [3.05, 3.63) is 94.3 Å². The number of aryl methyl sites for hydroxylation is 1. The third-order valence-electron chi connectivity index (χ3n) is 7.70. The zero-order chi connectivity index (χ0) is 25.7. The van der Waals surface area contributed by atoms with Crippen LogP contribution in [-0.2, 0) is 5.60 Å². The van der Waals surface area contributed by atoms with Crippen LogP contribution in [0.2, 0.25) is 5.02 Å². The van der Waals surface area contributed by atoms with Gasteiger partial charge in [0.15, 0.2) is 5.82 Å². The highest BCUT2D eigenvalue weighted by atomic mass is 35.5. The molecule has 3 heterocycles. The van der Waals surface area contributed by atoms with Gasteiger partial charge in [-0.15, -0.1) is 0 Å². The van der Waals surface area contributed by atoms with Crippen molar-refractivity contribution in [1.82, 2.24) is 10.1 Å². The summed E-state index contributed by atoms with van der Waals surface area (Å²) in [6.45, 7) is 3.22. The molecule has 0 saturated carbocycles. The summed E-state index contributed by atoms with van der Waals surface area (Å²) >= 11 is 6.70. The van der Waals surface area contributed by atoms with E-state index in [1.54, 1.807) is 18.9 Å². The van der Waals surface area contributed by atoms with E-state index in [1.165, 1.54) is 0 Å². The Hall–Kier alpha value is -3.68. The van der Waals surface area contributed by atoms with Crippen molar-refractivity contribution < 1.29 is 14.4 Å². The number of amides is 1. The lowest BCUT2D eigenvalue weighted by atomic mass is 9.70. The second-order valence-corrected chi connectivity index (χ2v) is 10.2. The third kappa shape index (κ3) is 3.81. The number of benzene rings is 3. The first kappa shape index (κ1) is 23.7. The van der Waals surface area contributed by atoms with Crippen molar-refractivity contribution >= 4 is 28.9 Å². The highest BCUT2D eigenvalue weighted by molar-refractivity contribution is 6.33. The number of nitrogens with zero attached hydrogens (tertiary/aromatic N) is 4. The summed E-state index contributed by atoms with van der Waals surface area (Å²) in [6.07, 6.45) is 1.47. The normalized spacial score (nSPS) is 19.9. The summed E-state index contributed by atoms with van der Waals surface area (Å²) in [6, 6.07) is 20.9. The van der Waals surface area contributed by atoms with Crippen LogP contribution < -0.4 is 9.80 Å². The van der Waals surface area contributed by atoms with Crippen LogP contribution in [0.3, 0.4) is 0 Å². The van der Waals surface area contributed by atoms with Gasteiger partial charge in [0, 0.05) is 42.4 Å². The molecule has 188 valence electrons. The first-order valence-corrected chi connectivity index (χ1v) is 12.8. The third-order valence-corrected chi connectivity index (χ3v) is 8.00. The second kappa shape index (κ2) is 9.01. The van der Waals surface area contributed by atoms with Crippen molar-refractivity contribution in [3.8, 4) is 11.5 Å². The van der Waals surface area contributed by atoms with Crippen LogP contribution in [0.25, 0.3) is 11.5 Å². The summed E-state index contributed by atoms with van der Waals surface area (Å²) in [5, 5.41) is 17.0. The van der Waals surface area contributed by atoms with Crippen LogP contribution >= 0.6 is 11.6 Å². The number of halogens is 1. The van der Waals surface area contributed by atoms with Crippen LogP contribution in [0.4, 0.5) is 11.4 Å². The highest BCUT2D eigenvalue weighted by Crippen LogP contribution is 2.49. The number of aromatic nitrogens is 2. The molecular formula is C29H27ClN4O3. The molecule has 1 fully saturated rings. The monoisotopic (exact) mass is 514 g/mol. The molecule has 2 aliphatic rings. The first-order chi connectivity index (χ1) is 17.9. The zero-order valence-electron chi connectivity index (χ0n) is 20.7. The summed E-state index contributed by atoms with van der Waals surface area (Å²) in [4.78, 5) is 21.5. The molecule has 1 unspecified atom stereocenters. The molecule has 1 atom stereocenters. The Morgan fingerprint density at radius 2 is 1.70 bits per heavy atom. The minimum atomic E-state index is -1.29. The molecule has 1 amide bonds. The number of fused-ring (bicyclic) bond motifs is 2. The van der Waals surface area contributed by atoms with Crippen LogP contribution in [-0.4, -0.2) is 41.3 Å². The molecule has 0 bridgehead atoms. The standard InChI is InChI=1S/C29H27ClN4O3/c1-18-31-27(37-32-18)19-11-12-26(24(30)17-19)34-15-13-20(14-16-34)29(36)22-8-4-3-7-21(22)28(35)33(2)25-10-6-5-9-23(25)29/h3-12,17,20,36H,13-16H2,1-2H3. The Morgan fingerprint density at radius 1 is 1.00 bits per heavy atom. The number of aliphatic hydroxyl groups is 1. The molecule has 7 nitrogen and oxygen atoms in total. The quantitative estimate of drug-likeness (QED) is 0.392. The first-order valence-electron chi connectivity index (χ1n) is 12.4. The fraction of sp³-hybridized carbons (Fsp3) is 0.276. The average Bonchev–Trinajstić information content (AvgIpc) is 3.35. The van der Waals surface area contributed by atoms with E-state index < -0.39 is 5.60 Å². The van der Waals surface area contributed by atoms with Gasteiger partial charge in [0.2, 0.25) is 0 Å². The number of carbonyl (C=O) groups excluding carboxylic acids is 1. The largest absolute Gasteiger partial charge is 0.380 e. The molecule has 1 aromatic heterocycles. The zero-order valence-corrected chi connectivity index (χ0v) is 21.4. The molecule has 2 aliphatic heterocycles. The van der Waals surface area contributed by atoms with Gasteiger partial charge in [-0.2, -0.15) is 4.98 Å². The summed E-state index contributed by atoms with van der Waals surface area (Å²) in [7, 11) is 1.77. The number of hydrogen-bond donors (Lipinski definition) is 1. The number of rotatable bonds is 3. The van der Waals surface area contributed by atoms with E-state index in [2.05, 4.69) is 15.0 Å². The molecule has 37 heavy (non-hydrogen) atoms. The second-order valence-electron chi connectivity index (χ2n) is 9.77. The van der Waals surface area contributed by atoms with E-state index in [1.807, 2.05) is 66.7 Å². The summed E-state index contributed by atoms with van der Waals surface area (Å²) in [5.41, 5.74) is 3.15. The van der Waals surface area contributed by atoms with E-state index in [0.717, 1.165) is 48.4 Å². The van der Waals surface area contributed by atoms with E-state index in [-0.39, 0.29) is 11.8 Å². The Bertz CT molecular complexity index is 1490. The molecule has 8 heteroatoms. The number of para-hydroxylation sites is 1. The van der Waals surface area contributed by atoms with Crippen LogP contribution in [0.1, 0.15) is 40.2 Å². The van der Waals surface area contributed by atoms with Gasteiger partial charge in [0.1, 0.15) is 5.60 Å². The van der Waals surface area contributed by atoms with Crippen LogP contribution in [0.15, 0.2) is 71.3 Å². The Kier molecular flexibility index (Phi) is 5.77. The van der Waals surface area contributed by atoms with E-state index >= 15 is 0 Å². The SMILES string of the molecule is Cc1noc(-c2ccc(N3CCC(C4(O)c5ccccc5C(=O)N(C)c5ccccc54)CC3)c(Cl)c2)n1. The van der Waals surface area contributed by atoms with Gasteiger partial charge in [0.25, 0.3) is 11.8 Å². The van der Waals surface area contributed by atoms with Gasteiger partial charge in [-0.25, -0.2) is 0 Å². The van der Waals surface area contributed by atoms with Gasteiger partial charge < -0.3 is 19.4 Å². The molecule has 1 saturated heterocycles. The molecule has 0 radical (unpaired) electrons. The molecule has 6 rings (SSSR count). The van der Waals surface area contributed by atoms with Crippen molar-refractivity contribution in [3.63, 3.8) is 0 Å². The van der Waals surface area contributed by atoms with Gasteiger partial charge in [0.05, 0.1) is 16.4 Å². The maximum Gasteiger partial charge on any atom is 0.258 e. The minimum absolute atomic E-state index is 0.0789. The number of hydrogen-bond acceptors (Lipinski definition) is 6. The lowest BCUT2D eigenvalue weighted by molar-refractivity contribution is 0.00555. The fourth-order valence-electron chi connectivity index (χ4n) is 5.81. The highest BCUT2D eigenvalue weighted by Gasteiger charge is 2.47. The number of anilines is 2. The Balaban J connectivity index is 1.32. The topological polar surface area (TPSA) is 82.7 Å². The average molecular weight is 515 g/mol. The van der Waals surface area contributed by atoms with Gasteiger partial charge in [-0.1, -0.05) is 53.2 Å². The van der Waals surface area contributed by atoms with Crippen molar-refractivity contribution in [1.29, 1.82) is 0 Å². The van der Waals surface area contributed by atoms with Gasteiger partial charge >= 0.3 is 0 Å². The molecule has 0 aliphatic carbocycles. The molecular weight excluding hydrogens is 488 g/mol. The lowest BCUT2D eigenvalue weighted by Gasteiger charge is -2.43. The summed E-state index contributed by atoms with van der Waals surface area (Å²) < 4.78 is 5.28. The van der Waals surface area contributed by atoms with Crippen molar-refractivity contribution in [2.45, 2.75) is 25.4 Å². The maximum atomic E-state index is 13.4. The van der Waals surface area contributed by atoms with E-state index in [0.29, 0.717) is 27.9 Å². The maximum absolute atomic E-state index is 13.4. The molecule has 0 spiro atoms. The number of carbonyl (C=O) groups is 1. The summed E-state index contributed by atoms with van der Waals surface area (Å²) in [5.74, 6) is 0.825. The van der Waals surface area contributed by atoms with Crippen LogP contribution in [0.5, 0.6) is 0 Å². The Labute approximate surface area is 220 Å². The van der Waals surface area contributed by atoms with Crippen molar-refractivity contribution in [2.75, 3.05) is 29.9 Å². The molecule has 4 aromatic rings. The molecule has 1 N–H and O–H groups in total. The van der Waals surface area contributed by atoms with Crippen LogP contribution in [0, 0.1) is 12.8 Å². The van der Waals surface area contributed by atoms with E-state index in [9.17, 15) is 9.90 Å². The minimum Gasteiger partial charge on any atom is -0.380 e. The Morgan fingerprint density at radius 3 is 2.41 bits per heavy atom. The predicted octanol–water partition coefficient (Wildman–Crippen LogP) is 5.44. The molecule has 3 aromatic carbocycles. The lowest BCUT2D eigenvalue weighted by Crippen LogP contribution is -2.44. The van der Waals surface area contributed by atoms with Gasteiger partial charge in [-0.05, 0) is 56.0 Å². The smallest absolute Gasteiger partial charge is 0.258 e. The van der Waals surface area contributed by atoms with E-state index in [4.69, 9.17) is 16.1 Å². The van der Waals surface area contributed by atoms with Gasteiger partial charge in [-0.3, -0.25) is 4.79 Å². The number of piperidine rings is 1.